The van der Waals surface area contributed by atoms with E-state index in [1.807, 2.05) is 11.8 Å². The highest BCUT2D eigenvalue weighted by Crippen LogP contribution is 2.10. The van der Waals surface area contributed by atoms with Gasteiger partial charge in [-0.1, -0.05) is 29.3 Å². The molecule has 0 amide bonds. The molecule has 0 atom stereocenters. The van der Waals surface area contributed by atoms with Crippen LogP contribution in [0, 0.1) is 13.8 Å². The first kappa shape index (κ1) is 14.3. The van der Waals surface area contributed by atoms with Crippen LogP contribution in [-0.2, 0) is 6.42 Å². The Morgan fingerprint density at radius 2 is 1.84 bits per heavy atom. The van der Waals surface area contributed by atoms with E-state index >= 15 is 0 Å². The maximum absolute atomic E-state index is 6.04. The van der Waals surface area contributed by atoms with Gasteiger partial charge in [0.1, 0.15) is 0 Å². The van der Waals surface area contributed by atoms with Gasteiger partial charge in [-0.15, -0.1) is 0 Å². The molecule has 0 spiro atoms. The van der Waals surface area contributed by atoms with Crippen molar-refractivity contribution in [1.82, 2.24) is 4.90 Å². The molecule has 19 heavy (non-hydrogen) atoms. The fourth-order valence-corrected chi connectivity index (χ4v) is 3.31. The van der Waals surface area contributed by atoms with Crippen molar-refractivity contribution in [3.8, 4) is 0 Å². The molecule has 1 aliphatic heterocycles. The average Bonchev–Trinajstić information content (AvgIpc) is 2.38. The molecule has 1 fully saturated rings. The van der Waals surface area contributed by atoms with Gasteiger partial charge in [0.05, 0.1) is 0 Å². The number of aryl methyl sites for hydroxylation is 2. The van der Waals surface area contributed by atoms with Crippen LogP contribution in [0.1, 0.15) is 16.7 Å². The summed E-state index contributed by atoms with van der Waals surface area (Å²) in [5.74, 6) is 3.03. The summed E-state index contributed by atoms with van der Waals surface area (Å²) in [6.07, 6.45) is 0.964. The first-order valence-corrected chi connectivity index (χ1v) is 8.00. The molecular formula is C15H23N3S. The number of nitrogens with zero attached hydrogens (tertiary/aromatic N) is 2. The molecule has 3 nitrogen and oxygen atoms in total. The van der Waals surface area contributed by atoms with Crippen molar-refractivity contribution in [2.45, 2.75) is 20.3 Å². The fourth-order valence-electron chi connectivity index (χ4n) is 2.41. The molecule has 1 saturated heterocycles. The Bertz CT molecular complexity index is 430. The van der Waals surface area contributed by atoms with Gasteiger partial charge >= 0.3 is 0 Å². The molecule has 1 aromatic carbocycles. The molecule has 4 heteroatoms. The van der Waals surface area contributed by atoms with Gasteiger partial charge in [0.25, 0.3) is 0 Å². The Labute approximate surface area is 120 Å². The highest BCUT2D eigenvalue weighted by molar-refractivity contribution is 7.99. The molecule has 0 unspecified atom stereocenters. The van der Waals surface area contributed by atoms with Crippen molar-refractivity contribution in [3.63, 3.8) is 0 Å². The first-order valence-electron chi connectivity index (χ1n) is 6.85. The summed E-state index contributed by atoms with van der Waals surface area (Å²) < 4.78 is 0. The van der Waals surface area contributed by atoms with E-state index in [4.69, 9.17) is 5.73 Å². The molecule has 1 aliphatic rings. The minimum atomic E-state index is 0.713. The fraction of sp³-hybridized carbons (Fsp3) is 0.533. The Hall–Kier alpha value is -1.16. The van der Waals surface area contributed by atoms with Crippen LogP contribution in [0.3, 0.4) is 0 Å². The molecule has 1 aromatic rings. The van der Waals surface area contributed by atoms with Gasteiger partial charge in [-0.25, -0.2) is 0 Å². The molecule has 0 aliphatic carbocycles. The Morgan fingerprint density at radius 1 is 1.21 bits per heavy atom. The lowest BCUT2D eigenvalue weighted by Crippen LogP contribution is -2.42. The van der Waals surface area contributed by atoms with Crippen LogP contribution in [0.4, 0.5) is 0 Å². The maximum Gasteiger partial charge on any atom is 0.191 e. The zero-order valence-electron chi connectivity index (χ0n) is 11.9. The normalized spacial score (nSPS) is 16.7. The summed E-state index contributed by atoms with van der Waals surface area (Å²) >= 11 is 1.99. The van der Waals surface area contributed by atoms with Crippen molar-refractivity contribution < 1.29 is 0 Å². The third-order valence-electron chi connectivity index (χ3n) is 3.29. The summed E-state index contributed by atoms with van der Waals surface area (Å²) in [4.78, 5) is 6.71. The predicted molar refractivity (Wildman–Crippen MR) is 85.0 cm³/mol. The number of benzene rings is 1. The Morgan fingerprint density at radius 3 is 2.47 bits per heavy atom. The van der Waals surface area contributed by atoms with Crippen LogP contribution < -0.4 is 5.73 Å². The van der Waals surface area contributed by atoms with Crippen molar-refractivity contribution in [2.75, 3.05) is 31.1 Å². The molecule has 2 rings (SSSR count). The monoisotopic (exact) mass is 277 g/mol. The highest BCUT2D eigenvalue weighted by atomic mass is 32.2. The summed E-state index contributed by atoms with van der Waals surface area (Å²) in [6, 6.07) is 6.67. The summed E-state index contributed by atoms with van der Waals surface area (Å²) in [5, 5.41) is 0. The molecule has 0 saturated carbocycles. The molecule has 1 heterocycles. The lowest BCUT2D eigenvalue weighted by Gasteiger charge is -2.27. The predicted octanol–water partition coefficient (Wildman–Crippen LogP) is 2.21. The van der Waals surface area contributed by atoms with Crippen molar-refractivity contribution in [2.24, 2.45) is 10.7 Å². The number of nitrogens with two attached hydrogens (primary N) is 1. The molecule has 0 bridgehead atoms. The third kappa shape index (κ3) is 4.46. The largest absolute Gasteiger partial charge is 0.370 e. The standard InChI is InChI=1S/C15H23N3S/c1-12-9-13(2)11-14(10-12)3-4-17-15(16)18-5-7-19-8-6-18/h9-11H,3-8H2,1-2H3,(H2,16,17). The van der Waals surface area contributed by atoms with Crippen molar-refractivity contribution in [3.05, 3.63) is 34.9 Å². The van der Waals surface area contributed by atoms with Gasteiger partial charge in [-0.05, 0) is 25.8 Å². The molecule has 0 radical (unpaired) electrons. The van der Waals surface area contributed by atoms with Crippen LogP contribution in [0.15, 0.2) is 23.2 Å². The third-order valence-corrected chi connectivity index (χ3v) is 4.23. The number of aliphatic imine (C=N–C) groups is 1. The number of guanidine groups is 1. The Kier molecular flexibility index (Phi) is 5.14. The first-order chi connectivity index (χ1) is 9.15. The van der Waals surface area contributed by atoms with Crippen LogP contribution >= 0.6 is 11.8 Å². The second-order valence-electron chi connectivity index (χ2n) is 5.09. The van der Waals surface area contributed by atoms with Gasteiger partial charge in [-0.3, -0.25) is 4.99 Å². The quantitative estimate of drug-likeness (QED) is 0.680. The van der Waals surface area contributed by atoms with E-state index in [0.29, 0.717) is 5.96 Å². The second-order valence-corrected chi connectivity index (χ2v) is 6.31. The van der Waals surface area contributed by atoms with E-state index in [1.54, 1.807) is 0 Å². The van der Waals surface area contributed by atoms with Gasteiger partial charge in [0.15, 0.2) is 5.96 Å². The SMILES string of the molecule is Cc1cc(C)cc(CCN=C(N)N2CCSCC2)c1. The molecule has 104 valence electrons. The lowest BCUT2D eigenvalue weighted by molar-refractivity contribution is 0.456. The number of hydrogen-bond acceptors (Lipinski definition) is 2. The van der Waals surface area contributed by atoms with E-state index in [2.05, 4.69) is 41.9 Å². The minimum absolute atomic E-state index is 0.713. The number of thioether (sulfide) groups is 1. The van der Waals surface area contributed by atoms with Crippen LogP contribution in [0.2, 0.25) is 0 Å². The van der Waals surface area contributed by atoms with Crippen LogP contribution in [-0.4, -0.2) is 42.0 Å². The zero-order chi connectivity index (χ0) is 13.7. The van der Waals surface area contributed by atoms with Crippen molar-refractivity contribution in [1.29, 1.82) is 0 Å². The summed E-state index contributed by atoms with van der Waals surface area (Å²) in [6.45, 7) is 7.12. The van der Waals surface area contributed by atoms with E-state index in [-0.39, 0.29) is 0 Å². The van der Waals surface area contributed by atoms with E-state index in [1.165, 1.54) is 16.7 Å². The van der Waals surface area contributed by atoms with Gasteiger partial charge in [0.2, 0.25) is 0 Å². The molecule has 2 N–H and O–H groups in total. The smallest absolute Gasteiger partial charge is 0.191 e. The highest BCUT2D eigenvalue weighted by Gasteiger charge is 2.11. The number of hydrogen-bond donors (Lipinski definition) is 1. The van der Waals surface area contributed by atoms with E-state index < -0.39 is 0 Å². The number of rotatable bonds is 3. The molecular weight excluding hydrogens is 254 g/mol. The van der Waals surface area contributed by atoms with Crippen molar-refractivity contribution >= 4 is 17.7 Å². The van der Waals surface area contributed by atoms with Gasteiger partial charge in [-0.2, -0.15) is 11.8 Å². The zero-order valence-corrected chi connectivity index (χ0v) is 12.7. The summed E-state index contributed by atoms with van der Waals surface area (Å²) in [5.41, 5.74) is 10.0. The second kappa shape index (κ2) is 6.85. The minimum Gasteiger partial charge on any atom is -0.370 e. The van der Waals surface area contributed by atoms with Gasteiger partial charge < -0.3 is 10.6 Å². The van der Waals surface area contributed by atoms with E-state index in [9.17, 15) is 0 Å². The summed E-state index contributed by atoms with van der Waals surface area (Å²) in [7, 11) is 0. The topological polar surface area (TPSA) is 41.6 Å². The maximum atomic E-state index is 6.04. The Balaban J connectivity index is 1.87. The molecule has 0 aromatic heterocycles. The lowest BCUT2D eigenvalue weighted by atomic mass is 10.1. The van der Waals surface area contributed by atoms with Gasteiger partial charge in [0, 0.05) is 31.1 Å². The van der Waals surface area contributed by atoms with E-state index in [0.717, 1.165) is 37.6 Å². The van der Waals surface area contributed by atoms with Crippen LogP contribution in [0.5, 0.6) is 0 Å². The van der Waals surface area contributed by atoms with Crippen LogP contribution in [0.25, 0.3) is 0 Å². The average molecular weight is 277 g/mol.